The Morgan fingerprint density at radius 1 is 1.67 bits per heavy atom. The van der Waals surface area contributed by atoms with Crippen molar-refractivity contribution in [1.29, 1.82) is 0 Å². The Balaban J connectivity index is 1.90. The first-order valence-electron chi connectivity index (χ1n) is 4.40. The average Bonchev–Trinajstić information content (AvgIpc) is 1.95. The summed E-state index contributed by atoms with van der Waals surface area (Å²) in [6, 6.07) is 0. The van der Waals surface area contributed by atoms with Crippen LogP contribution in [-0.4, -0.2) is 38.8 Å². The molecule has 0 atom stereocenters. The second-order valence-electron chi connectivity index (χ2n) is 2.96. The summed E-state index contributed by atoms with van der Waals surface area (Å²) >= 11 is 0. The van der Waals surface area contributed by atoms with E-state index in [4.69, 9.17) is 4.74 Å². The second kappa shape index (κ2) is 5.11. The zero-order valence-electron chi connectivity index (χ0n) is 7.43. The van der Waals surface area contributed by atoms with Gasteiger partial charge in [0.25, 0.3) is 0 Å². The van der Waals surface area contributed by atoms with E-state index in [1.807, 2.05) is 6.92 Å². The lowest BCUT2D eigenvalue weighted by atomic mass is 10.0. The van der Waals surface area contributed by atoms with Crippen LogP contribution in [0.3, 0.4) is 0 Å². The van der Waals surface area contributed by atoms with Gasteiger partial charge in [-0.2, -0.15) is 0 Å². The van der Waals surface area contributed by atoms with E-state index in [0.29, 0.717) is 19.1 Å². The van der Waals surface area contributed by atoms with Crippen LogP contribution in [0.2, 0.25) is 0 Å². The summed E-state index contributed by atoms with van der Waals surface area (Å²) in [5.41, 5.74) is 0. The monoisotopic (exact) mass is 172 g/mol. The molecule has 4 heteroatoms. The molecule has 1 rings (SSSR count). The van der Waals surface area contributed by atoms with Gasteiger partial charge >= 0.3 is 5.97 Å². The van der Waals surface area contributed by atoms with Gasteiger partial charge in [-0.25, -0.2) is 0 Å². The largest absolute Gasteiger partial charge is 0.465 e. The molecule has 0 saturated carbocycles. The Labute approximate surface area is 72.7 Å². The van der Waals surface area contributed by atoms with Gasteiger partial charge in [-0.1, -0.05) is 0 Å². The predicted molar refractivity (Wildman–Crippen MR) is 45.9 cm³/mol. The van der Waals surface area contributed by atoms with Gasteiger partial charge in [0.05, 0.1) is 13.2 Å². The van der Waals surface area contributed by atoms with Crippen LogP contribution in [0.1, 0.15) is 6.92 Å². The minimum atomic E-state index is -0.162. The number of esters is 1. The maximum Gasteiger partial charge on any atom is 0.319 e. The van der Waals surface area contributed by atoms with Crippen molar-refractivity contribution in [2.75, 3.05) is 32.8 Å². The molecule has 0 aromatic carbocycles. The fourth-order valence-corrected chi connectivity index (χ4v) is 1.08. The van der Waals surface area contributed by atoms with E-state index in [-0.39, 0.29) is 5.97 Å². The molecule has 12 heavy (non-hydrogen) atoms. The lowest BCUT2D eigenvalue weighted by Gasteiger charge is -2.26. The predicted octanol–water partition coefficient (Wildman–Crippen LogP) is -0.641. The summed E-state index contributed by atoms with van der Waals surface area (Å²) in [7, 11) is 0. The van der Waals surface area contributed by atoms with Gasteiger partial charge in [0.2, 0.25) is 0 Å². The summed E-state index contributed by atoms with van der Waals surface area (Å²) < 4.78 is 4.76. The van der Waals surface area contributed by atoms with Crippen LogP contribution < -0.4 is 10.6 Å². The number of ether oxygens (including phenoxy) is 1. The summed E-state index contributed by atoms with van der Waals surface area (Å²) in [6.07, 6.45) is 0. The maximum absolute atomic E-state index is 10.8. The molecule has 70 valence electrons. The highest BCUT2D eigenvalue weighted by Crippen LogP contribution is 1.99. The third kappa shape index (κ3) is 3.19. The molecule has 4 nitrogen and oxygen atoms in total. The highest BCUT2D eigenvalue weighted by atomic mass is 16.5. The van der Waals surface area contributed by atoms with Crippen LogP contribution in [0.5, 0.6) is 0 Å². The first kappa shape index (κ1) is 9.48. The fourth-order valence-electron chi connectivity index (χ4n) is 1.08. The normalized spacial score (nSPS) is 17.1. The van der Waals surface area contributed by atoms with Gasteiger partial charge < -0.3 is 15.4 Å². The molecule has 0 unspecified atom stereocenters. The molecule has 0 spiro atoms. The second-order valence-corrected chi connectivity index (χ2v) is 2.96. The zero-order valence-corrected chi connectivity index (χ0v) is 7.43. The van der Waals surface area contributed by atoms with Crippen molar-refractivity contribution in [2.45, 2.75) is 6.92 Å². The van der Waals surface area contributed by atoms with Crippen LogP contribution in [-0.2, 0) is 9.53 Å². The quantitative estimate of drug-likeness (QED) is 0.542. The first-order chi connectivity index (χ1) is 5.83. The van der Waals surface area contributed by atoms with Gasteiger partial charge in [0, 0.05) is 19.6 Å². The molecule has 0 aromatic rings. The van der Waals surface area contributed by atoms with Gasteiger partial charge in [-0.05, 0) is 12.8 Å². The molecule has 0 aromatic heterocycles. The van der Waals surface area contributed by atoms with E-state index < -0.39 is 0 Å². The highest BCUT2D eigenvalue weighted by Gasteiger charge is 2.15. The molecule has 1 heterocycles. The molecule has 0 bridgehead atoms. The lowest BCUT2D eigenvalue weighted by molar-refractivity contribution is -0.142. The molecule has 0 radical (unpaired) electrons. The van der Waals surface area contributed by atoms with E-state index >= 15 is 0 Å². The molecule has 0 aliphatic carbocycles. The molecular weight excluding hydrogens is 156 g/mol. The van der Waals surface area contributed by atoms with Gasteiger partial charge in [0.15, 0.2) is 0 Å². The van der Waals surface area contributed by atoms with E-state index in [1.165, 1.54) is 0 Å². The number of hydrogen-bond acceptors (Lipinski definition) is 4. The Bertz CT molecular complexity index is 146. The van der Waals surface area contributed by atoms with Crippen LogP contribution in [0.4, 0.5) is 0 Å². The maximum atomic E-state index is 10.8. The Hall–Kier alpha value is -0.610. The fraction of sp³-hybridized carbons (Fsp3) is 0.875. The van der Waals surface area contributed by atoms with Gasteiger partial charge in [-0.3, -0.25) is 4.79 Å². The molecule has 1 aliphatic heterocycles. The van der Waals surface area contributed by atoms with E-state index in [0.717, 1.165) is 19.6 Å². The van der Waals surface area contributed by atoms with Crippen molar-refractivity contribution in [2.24, 2.45) is 5.92 Å². The third-order valence-electron chi connectivity index (χ3n) is 1.87. The highest BCUT2D eigenvalue weighted by molar-refractivity contribution is 5.71. The number of rotatable bonds is 5. The van der Waals surface area contributed by atoms with E-state index in [1.54, 1.807) is 0 Å². The SMILES string of the molecule is CCOC(=O)CNCC1CNC1. The smallest absolute Gasteiger partial charge is 0.319 e. The summed E-state index contributed by atoms with van der Waals surface area (Å²) in [5, 5.41) is 6.23. The van der Waals surface area contributed by atoms with Crippen LogP contribution in [0.25, 0.3) is 0 Å². The summed E-state index contributed by atoms with van der Waals surface area (Å²) in [6.45, 7) is 5.65. The van der Waals surface area contributed by atoms with E-state index in [2.05, 4.69) is 10.6 Å². The van der Waals surface area contributed by atoms with Crippen molar-refractivity contribution >= 4 is 5.97 Å². The Morgan fingerprint density at radius 2 is 2.42 bits per heavy atom. The molecular formula is C8H16N2O2. The molecule has 1 aliphatic rings. The molecule has 0 amide bonds. The van der Waals surface area contributed by atoms with Crippen LogP contribution in [0, 0.1) is 5.92 Å². The molecule has 1 saturated heterocycles. The van der Waals surface area contributed by atoms with Gasteiger partial charge in [-0.15, -0.1) is 0 Å². The minimum absolute atomic E-state index is 0.162. The lowest BCUT2D eigenvalue weighted by Crippen LogP contribution is -2.47. The van der Waals surface area contributed by atoms with Gasteiger partial charge in [0.1, 0.15) is 0 Å². The van der Waals surface area contributed by atoms with Crippen LogP contribution in [0.15, 0.2) is 0 Å². The average molecular weight is 172 g/mol. The Kier molecular flexibility index (Phi) is 4.04. The van der Waals surface area contributed by atoms with Crippen molar-refractivity contribution in [3.8, 4) is 0 Å². The molecule has 2 N–H and O–H groups in total. The van der Waals surface area contributed by atoms with Crippen molar-refractivity contribution in [3.05, 3.63) is 0 Å². The van der Waals surface area contributed by atoms with Crippen molar-refractivity contribution in [3.63, 3.8) is 0 Å². The van der Waals surface area contributed by atoms with E-state index in [9.17, 15) is 4.79 Å². The number of nitrogens with one attached hydrogen (secondary N) is 2. The first-order valence-corrected chi connectivity index (χ1v) is 4.40. The standard InChI is InChI=1S/C8H16N2O2/c1-2-12-8(11)6-10-5-7-3-9-4-7/h7,9-10H,2-6H2,1H3. The Morgan fingerprint density at radius 3 is 2.92 bits per heavy atom. The number of carbonyl (C=O) groups excluding carboxylic acids is 1. The van der Waals surface area contributed by atoms with Crippen molar-refractivity contribution in [1.82, 2.24) is 10.6 Å². The van der Waals surface area contributed by atoms with Crippen LogP contribution >= 0.6 is 0 Å². The summed E-state index contributed by atoms with van der Waals surface area (Å²) in [5.74, 6) is 0.532. The topological polar surface area (TPSA) is 50.4 Å². The molecule has 1 fully saturated rings. The summed E-state index contributed by atoms with van der Waals surface area (Å²) in [4.78, 5) is 10.8. The number of hydrogen-bond donors (Lipinski definition) is 2. The van der Waals surface area contributed by atoms with Crippen molar-refractivity contribution < 1.29 is 9.53 Å². The number of carbonyl (C=O) groups is 1. The third-order valence-corrected chi connectivity index (χ3v) is 1.87. The minimum Gasteiger partial charge on any atom is -0.465 e. The zero-order chi connectivity index (χ0) is 8.81.